The number of halogens is 1. The van der Waals surface area contributed by atoms with Gasteiger partial charge in [-0.25, -0.2) is 4.39 Å². The summed E-state index contributed by atoms with van der Waals surface area (Å²) in [6, 6.07) is 4.87. The van der Waals surface area contributed by atoms with Gasteiger partial charge in [-0.05, 0) is 44.2 Å². The Hall–Kier alpha value is -1.71. The Morgan fingerprint density at radius 2 is 2.10 bits per heavy atom. The van der Waals surface area contributed by atoms with E-state index in [1.807, 2.05) is 0 Å². The van der Waals surface area contributed by atoms with Gasteiger partial charge in [0.1, 0.15) is 11.6 Å². The van der Waals surface area contributed by atoms with Crippen LogP contribution in [0.2, 0.25) is 0 Å². The molecule has 1 aromatic carbocycles. The molecule has 1 aliphatic heterocycles. The van der Waals surface area contributed by atoms with Crippen molar-refractivity contribution in [2.75, 3.05) is 6.54 Å². The molecule has 1 saturated carbocycles. The van der Waals surface area contributed by atoms with E-state index in [1.165, 1.54) is 6.07 Å². The summed E-state index contributed by atoms with van der Waals surface area (Å²) in [5.41, 5.74) is 0.612. The highest BCUT2D eigenvalue weighted by Gasteiger charge is 2.40. The highest BCUT2D eigenvalue weighted by Crippen LogP contribution is 2.34. The number of hydrogen-bond acceptors (Lipinski definition) is 2. The fraction of sp³-hybridized carbons (Fsp3) is 0.529. The third-order valence-corrected chi connectivity index (χ3v) is 4.80. The highest BCUT2D eigenvalue weighted by molar-refractivity contribution is 5.95. The Kier molecular flexibility index (Phi) is 3.79. The van der Waals surface area contributed by atoms with E-state index in [1.54, 1.807) is 24.0 Å². The second-order valence-corrected chi connectivity index (χ2v) is 6.11. The van der Waals surface area contributed by atoms with Crippen molar-refractivity contribution in [3.8, 4) is 0 Å². The Morgan fingerprint density at radius 3 is 2.81 bits per heavy atom. The van der Waals surface area contributed by atoms with Gasteiger partial charge in [-0.1, -0.05) is 12.1 Å². The molecule has 0 aromatic heterocycles. The van der Waals surface area contributed by atoms with Gasteiger partial charge in [0.25, 0.3) is 5.91 Å². The molecule has 3 rings (SSSR count). The maximum absolute atomic E-state index is 14.2. The normalized spacial score (nSPS) is 25.6. The number of Topliss-reactive ketones (excluding diaryl/α,β-unsaturated/α-hetero) is 1. The van der Waals surface area contributed by atoms with E-state index in [0.29, 0.717) is 18.5 Å². The van der Waals surface area contributed by atoms with Gasteiger partial charge in [0, 0.05) is 24.9 Å². The molecule has 21 heavy (non-hydrogen) atoms. The van der Waals surface area contributed by atoms with Crippen molar-refractivity contribution < 1.29 is 14.0 Å². The predicted octanol–water partition coefficient (Wildman–Crippen LogP) is 3.11. The lowest BCUT2D eigenvalue weighted by Crippen LogP contribution is -2.41. The zero-order valence-electron chi connectivity index (χ0n) is 12.3. The largest absolute Gasteiger partial charge is 0.335 e. The fourth-order valence-electron chi connectivity index (χ4n) is 3.68. The van der Waals surface area contributed by atoms with Crippen molar-refractivity contribution in [2.24, 2.45) is 5.92 Å². The first-order valence-electron chi connectivity index (χ1n) is 7.68. The molecule has 0 N–H and O–H groups in total. The average molecular weight is 289 g/mol. The van der Waals surface area contributed by atoms with E-state index in [2.05, 4.69) is 0 Å². The van der Waals surface area contributed by atoms with Gasteiger partial charge in [0.15, 0.2) is 0 Å². The highest BCUT2D eigenvalue weighted by atomic mass is 19.1. The van der Waals surface area contributed by atoms with Crippen molar-refractivity contribution in [3.63, 3.8) is 0 Å². The summed E-state index contributed by atoms with van der Waals surface area (Å²) >= 11 is 0. The number of nitrogens with zero attached hydrogens (tertiary/aromatic N) is 1. The van der Waals surface area contributed by atoms with Crippen LogP contribution in [0.5, 0.6) is 0 Å². The van der Waals surface area contributed by atoms with E-state index >= 15 is 0 Å². The van der Waals surface area contributed by atoms with E-state index < -0.39 is 5.82 Å². The zero-order chi connectivity index (χ0) is 15.0. The summed E-state index contributed by atoms with van der Waals surface area (Å²) in [5, 5.41) is 0. The van der Waals surface area contributed by atoms with E-state index in [-0.39, 0.29) is 29.2 Å². The number of likely N-dealkylation sites (tertiary alicyclic amines) is 1. The number of benzene rings is 1. The van der Waals surface area contributed by atoms with Gasteiger partial charge in [-0.2, -0.15) is 0 Å². The maximum atomic E-state index is 14.2. The minimum atomic E-state index is -0.439. The molecule has 4 heteroatoms. The Bertz CT molecular complexity index is 584. The maximum Gasteiger partial charge on any atom is 0.257 e. The summed E-state index contributed by atoms with van der Waals surface area (Å²) in [4.78, 5) is 26.4. The molecule has 0 bridgehead atoms. The molecule has 2 unspecified atom stereocenters. The monoisotopic (exact) mass is 289 g/mol. The summed E-state index contributed by atoms with van der Waals surface area (Å²) < 4.78 is 14.2. The first-order chi connectivity index (χ1) is 10.1. The summed E-state index contributed by atoms with van der Waals surface area (Å²) in [7, 11) is 0. The van der Waals surface area contributed by atoms with Crippen molar-refractivity contribution in [1.82, 2.24) is 4.90 Å². The lowest BCUT2D eigenvalue weighted by atomic mass is 9.94. The predicted molar refractivity (Wildman–Crippen MR) is 77.5 cm³/mol. The Balaban J connectivity index is 1.86. The van der Waals surface area contributed by atoms with Crippen LogP contribution in [0.4, 0.5) is 4.39 Å². The fourth-order valence-corrected chi connectivity index (χ4v) is 3.68. The van der Waals surface area contributed by atoms with E-state index in [0.717, 1.165) is 25.7 Å². The zero-order valence-corrected chi connectivity index (χ0v) is 12.3. The second-order valence-electron chi connectivity index (χ2n) is 6.11. The topological polar surface area (TPSA) is 37.4 Å². The van der Waals surface area contributed by atoms with Gasteiger partial charge >= 0.3 is 0 Å². The summed E-state index contributed by atoms with van der Waals surface area (Å²) in [6.07, 6.45) is 4.16. The van der Waals surface area contributed by atoms with Gasteiger partial charge in [-0.15, -0.1) is 0 Å². The van der Waals surface area contributed by atoms with Crippen LogP contribution in [0.1, 0.15) is 48.0 Å². The number of rotatable bonds is 2. The minimum Gasteiger partial charge on any atom is -0.335 e. The lowest BCUT2D eigenvalue weighted by Gasteiger charge is -2.29. The van der Waals surface area contributed by atoms with Gasteiger partial charge in [0.2, 0.25) is 0 Å². The quantitative estimate of drug-likeness (QED) is 0.839. The molecule has 3 nitrogen and oxygen atoms in total. The van der Waals surface area contributed by atoms with Crippen LogP contribution in [0.3, 0.4) is 0 Å². The molecular weight excluding hydrogens is 269 g/mol. The number of amides is 1. The molecule has 2 atom stereocenters. The first-order valence-corrected chi connectivity index (χ1v) is 7.68. The number of carbonyl (C=O) groups excluding carboxylic acids is 2. The van der Waals surface area contributed by atoms with Crippen LogP contribution in [-0.2, 0) is 4.79 Å². The number of ketones is 1. The van der Waals surface area contributed by atoms with Crippen LogP contribution < -0.4 is 0 Å². The van der Waals surface area contributed by atoms with Crippen molar-refractivity contribution in [2.45, 2.75) is 45.1 Å². The third kappa shape index (κ3) is 2.47. The molecular formula is C17H20FNO2. The minimum absolute atomic E-state index is 0.0348. The SMILES string of the molecule is Cc1cccc(C(=O)N2CCCC2C2CCCC2=O)c1F. The van der Waals surface area contributed by atoms with Gasteiger partial charge < -0.3 is 4.90 Å². The molecule has 1 amide bonds. The molecule has 0 radical (unpaired) electrons. The third-order valence-electron chi connectivity index (χ3n) is 4.80. The molecule has 0 spiro atoms. The van der Waals surface area contributed by atoms with Crippen molar-refractivity contribution in [1.29, 1.82) is 0 Å². The Morgan fingerprint density at radius 1 is 1.29 bits per heavy atom. The van der Waals surface area contributed by atoms with Crippen LogP contribution >= 0.6 is 0 Å². The molecule has 1 aromatic rings. The van der Waals surface area contributed by atoms with E-state index in [4.69, 9.17) is 0 Å². The molecule has 1 heterocycles. The molecule has 1 aliphatic carbocycles. The van der Waals surface area contributed by atoms with Gasteiger partial charge in [-0.3, -0.25) is 9.59 Å². The van der Waals surface area contributed by atoms with Crippen molar-refractivity contribution >= 4 is 11.7 Å². The van der Waals surface area contributed by atoms with Gasteiger partial charge in [0.05, 0.1) is 5.56 Å². The van der Waals surface area contributed by atoms with Crippen LogP contribution in [0.25, 0.3) is 0 Å². The molecule has 2 fully saturated rings. The second kappa shape index (κ2) is 5.58. The standard InChI is InChI=1S/C17H20FNO2/c1-11-5-2-7-13(16(11)18)17(21)19-10-4-8-14(19)12-6-3-9-15(12)20/h2,5,7,12,14H,3-4,6,8-10H2,1H3. The van der Waals surface area contributed by atoms with Crippen LogP contribution in [0, 0.1) is 18.7 Å². The van der Waals surface area contributed by atoms with Crippen LogP contribution in [-0.4, -0.2) is 29.2 Å². The lowest BCUT2D eigenvalue weighted by molar-refractivity contribution is -0.121. The number of carbonyl (C=O) groups is 2. The number of hydrogen-bond donors (Lipinski definition) is 0. The molecule has 1 saturated heterocycles. The molecule has 112 valence electrons. The summed E-state index contributed by atoms with van der Waals surface area (Å²) in [6.45, 7) is 2.29. The average Bonchev–Trinajstić information content (AvgIpc) is 3.09. The molecule has 2 aliphatic rings. The number of aryl methyl sites for hydroxylation is 1. The van der Waals surface area contributed by atoms with Crippen molar-refractivity contribution in [3.05, 3.63) is 35.1 Å². The van der Waals surface area contributed by atoms with Crippen LogP contribution in [0.15, 0.2) is 18.2 Å². The van der Waals surface area contributed by atoms with E-state index in [9.17, 15) is 14.0 Å². The first kappa shape index (κ1) is 14.2. The summed E-state index contributed by atoms with van der Waals surface area (Å²) in [5.74, 6) is -0.474. The smallest absolute Gasteiger partial charge is 0.257 e. The Labute approximate surface area is 124 Å².